The van der Waals surface area contributed by atoms with Gasteiger partial charge in [-0.3, -0.25) is 4.79 Å². The number of carbonyl (C=O) groups is 1. The van der Waals surface area contributed by atoms with Crippen molar-refractivity contribution in [1.82, 2.24) is 4.98 Å². The summed E-state index contributed by atoms with van der Waals surface area (Å²) in [6.45, 7) is 3.65. The van der Waals surface area contributed by atoms with Crippen molar-refractivity contribution in [2.45, 2.75) is 19.8 Å². The molecule has 0 saturated carbocycles. The van der Waals surface area contributed by atoms with E-state index in [0.717, 1.165) is 48.0 Å². The summed E-state index contributed by atoms with van der Waals surface area (Å²) in [6.07, 6.45) is 2.66. The molecule has 0 spiro atoms. The molecule has 0 bridgehead atoms. The number of anilines is 1. The van der Waals surface area contributed by atoms with Crippen molar-refractivity contribution in [3.8, 4) is 0 Å². The topological polar surface area (TPSA) is 42.4 Å². The van der Waals surface area contributed by atoms with Crippen molar-refractivity contribution in [1.29, 1.82) is 0 Å². The van der Waals surface area contributed by atoms with E-state index in [1.807, 2.05) is 14.0 Å². The molecule has 1 aromatic rings. The summed E-state index contributed by atoms with van der Waals surface area (Å²) in [6, 6.07) is 0. The molecule has 4 nitrogen and oxygen atoms in total. The van der Waals surface area contributed by atoms with Crippen molar-refractivity contribution in [3.63, 3.8) is 0 Å². The van der Waals surface area contributed by atoms with Crippen molar-refractivity contribution in [2.24, 2.45) is 0 Å². The summed E-state index contributed by atoms with van der Waals surface area (Å²) >= 11 is 1.46. The van der Waals surface area contributed by atoms with Crippen molar-refractivity contribution in [3.05, 3.63) is 10.6 Å². The summed E-state index contributed by atoms with van der Waals surface area (Å²) in [5.74, 6) is 0. The van der Waals surface area contributed by atoms with Crippen molar-refractivity contribution in [2.75, 3.05) is 32.2 Å². The van der Waals surface area contributed by atoms with Crippen LogP contribution in [0, 0.1) is 0 Å². The highest BCUT2D eigenvalue weighted by Gasteiger charge is 2.11. The second-order valence-electron chi connectivity index (χ2n) is 3.55. The van der Waals surface area contributed by atoms with Gasteiger partial charge < -0.3 is 9.64 Å². The summed E-state index contributed by atoms with van der Waals surface area (Å²) in [7, 11) is 3.69. The fourth-order valence-electron chi connectivity index (χ4n) is 1.40. The molecule has 0 saturated heterocycles. The number of aryl methyl sites for hydroxylation is 1. The maximum absolute atomic E-state index is 10.8. The summed E-state index contributed by atoms with van der Waals surface area (Å²) < 4.78 is 5.00. The number of hydrogen-bond acceptors (Lipinski definition) is 5. The van der Waals surface area contributed by atoms with E-state index in [-0.39, 0.29) is 0 Å². The van der Waals surface area contributed by atoms with Crippen LogP contribution in [0.5, 0.6) is 0 Å². The van der Waals surface area contributed by atoms with E-state index in [1.54, 1.807) is 7.11 Å². The maximum atomic E-state index is 10.8. The average Bonchev–Trinajstić information content (AvgIpc) is 2.72. The fourth-order valence-corrected chi connectivity index (χ4v) is 2.36. The molecule has 1 rings (SSSR count). The quantitative estimate of drug-likeness (QED) is 0.542. The zero-order valence-corrected chi connectivity index (χ0v) is 10.8. The Labute approximate surface area is 100 Å². The maximum Gasteiger partial charge on any atom is 0.185 e. The van der Waals surface area contributed by atoms with Crippen molar-refractivity contribution < 1.29 is 9.53 Å². The van der Waals surface area contributed by atoms with E-state index in [1.165, 1.54) is 11.3 Å². The Morgan fingerprint density at radius 2 is 2.31 bits per heavy atom. The Morgan fingerprint density at radius 1 is 1.56 bits per heavy atom. The predicted molar refractivity (Wildman–Crippen MR) is 66.6 cm³/mol. The van der Waals surface area contributed by atoms with E-state index >= 15 is 0 Å². The molecule has 16 heavy (non-hydrogen) atoms. The van der Waals surface area contributed by atoms with Crippen LogP contribution in [0.25, 0.3) is 0 Å². The minimum Gasteiger partial charge on any atom is -0.385 e. The third-order valence-electron chi connectivity index (χ3n) is 2.33. The molecular weight excluding hydrogens is 224 g/mol. The second-order valence-corrected chi connectivity index (χ2v) is 4.56. The number of aromatic nitrogens is 1. The molecule has 0 atom stereocenters. The largest absolute Gasteiger partial charge is 0.385 e. The molecular formula is C11H18N2O2S. The lowest BCUT2D eigenvalue weighted by Crippen LogP contribution is -2.19. The highest BCUT2D eigenvalue weighted by atomic mass is 32.1. The van der Waals surface area contributed by atoms with Gasteiger partial charge >= 0.3 is 0 Å². The van der Waals surface area contributed by atoms with E-state index in [4.69, 9.17) is 4.74 Å². The minimum absolute atomic E-state index is 0.746. The van der Waals surface area contributed by atoms with Crippen LogP contribution < -0.4 is 4.90 Å². The zero-order valence-electron chi connectivity index (χ0n) is 10.0. The minimum atomic E-state index is 0.746. The van der Waals surface area contributed by atoms with Crippen LogP contribution in [0.15, 0.2) is 0 Å². The first-order valence-electron chi connectivity index (χ1n) is 5.37. The number of thiazole rings is 1. The number of aldehydes is 1. The van der Waals surface area contributed by atoms with Gasteiger partial charge in [0.1, 0.15) is 0 Å². The second kappa shape index (κ2) is 6.60. The average molecular weight is 242 g/mol. The van der Waals surface area contributed by atoms with Crippen LogP contribution in [-0.4, -0.2) is 38.6 Å². The number of hydrogen-bond donors (Lipinski definition) is 0. The summed E-state index contributed by atoms with van der Waals surface area (Å²) in [4.78, 5) is 18.1. The Kier molecular flexibility index (Phi) is 5.42. The molecule has 0 radical (unpaired) electrons. The van der Waals surface area contributed by atoms with Gasteiger partial charge in [-0.1, -0.05) is 18.3 Å². The Bertz CT molecular complexity index is 339. The molecule has 0 N–H and O–H groups in total. The highest BCUT2D eigenvalue weighted by molar-refractivity contribution is 7.17. The molecule has 90 valence electrons. The number of nitrogens with zero attached hydrogens (tertiary/aromatic N) is 2. The molecule has 1 aromatic heterocycles. The highest BCUT2D eigenvalue weighted by Crippen LogP contribution is 2.24. The third-order valence-corrected chi connectivity index (χ3v) is 3.46. The first-order chi connectivity index (χ1) is 7.72. The molecule has 0 amide bonds. The number of methoxy groups -OCH3 is 1. The summed E-state index contributed by atoms with van der Waals surface area (Å²) in [5, 5.41) is 0.912. The molecule has 5 heteroatoms. The standard InChI is InChI=1S/C11H18N2O2S/c1-4-9-10(8-14)16-11(12-9)13(2)6-5-7-15-3/h8H,4-7H2,1-3H3. The normalized spacial score (nSPS) is 10.4. The lowest BCUT2D eigenvalue weighted by atomic mass is 10.3. The van der Waals surface area contributed by atoms with Gasteiger partial charge in [0.15, 0.2) is 11.4 Å². The van der Waals surface area contributed by atoms with Crippen molar-refractivity contribution >= 4 is 22.8 Å². The van der Waals surface area contributed by atoms with Crippen LogP contribution in [0.1, 0.15) is 28.7 Å². The monoisotopic (exact) mass is 242 g/mol. The number of rotatable bonds is 7. The SMILES string of the molecule is CCc1nc(N(C)CCCOC)sc1C=O. The van der Waals surface area contributed by atoms with E-state index in [9.17, 15) is 4.79 Å². The molecule has 0 aliphatic heterocycles. The van der Waals surface area contributed by atoms with E-state index in [0.29, 0.717) is 0 Å². The molecule has 0 aliphatic rings. The lowest BCUT2D eigenvalue weighted by Gasteiger charge is -2.14. The van der Waals surface area contributed by atoms with Gasteiger partial charge in [0.05, 0.1) is 10.6 Å². The number of carbonyl (C=O) groups excluding carboxylic acids is 1. The third kappa shape index (κ3) is 3.28. The first-order valence-corrected chi connectivity index (χ1v) is 6.19. The van der Waals surface area contributed by atoms with E-state index in [2.05, 4.69) is 9.88 Å². The van der Waals surface area contributed by atoms with Gasteiger partial charge in [0, 0.05) is 27.3 Å². The van der Waals surface area contributed by atoms with Crippen LogP contribution >= 0.6 is 11.3 Å². The molecule has 0 unspecified atom stereocenters. The zero-order chi connectivity index (χ0) is 12.0. The Hall–Kier alpha value is -0.940. The Morgan fingerprint density at radius 3 is 2.81 bits per heavy atom. The van der Waals surface area contributed by atoms with Gasteiger partial charge in [-0.2, -0.15) is 0 Å². The summed E-state index contributed by atoms with van der Waals surface area (Å²) in [5.41, 5.74) is 0.897. The van der Waals surface area contributed by atoms with Gasteiger partial charge in [-0.05, 0) is 12.8 Å². The van der Waals surface area contributed by atoms with Crippen LogP contribution in [0.3, 0.4) is 0 Å². The lowest BCUT2D eigenvalue weighted by molar-refractivity contribution is 0.112. The molecule has 0 aliphatic carbocycles. The molecule has 0 aromatic carbocycles. The number of ether oxygens (including phenoxy) is 1. The predicted octanol–water partition coefficient (Wildman–Crippen LogP) is 1.99. The smallest absolute Gasteiger partial charge is 0.185 e. The molecule has 1 heterocycles. The van der Waals surface area contributed by atoms with E-state index < -0.39 is 0 Å². The fraction of sp³-hybridized carbons (Fsp3) is 0.636. The van der Waals surface area contributed by atoms with Crippen LogP contribution in [0.4, 0.5) is 5.13 Å². The Balaban J connectivity index is 2.64. The van der Waals surface area contributed by atoms with Gasteiger partial charge in [-0.25, -0.2) is 4.98 Å². The van der Waals surface area contributed by atoms with Gasteiger partial charge in [0.25, 0.3) is 0 Å². The first kappa shape index (κ1) is 13.1. The van der Waals surface area contributed by atoms with Gasteiger partial charge in [0.2, 0.25) is 0 Å². The molecule has 0 fully saturated rings. The van der Waals surface area contributed by atoms with Crippen LogP contribution in [-0.2, 0) is 11.2 Å². The van der Waals surface area contributed by atoms with Gasteiger partial charge in [-0.15, -0.1) is 0 Å². The van der Waals surface area contributed by atoms with Crippen LogP contribution in [0.2, 0.25) is 0 Å².